The summed E-state index contributed by atoms with van der Waals surface area (Å²) in [6, 6.07) is 4.20. The van der Waals surface area contributed by atoms with Gasteiger partial charge in [-0.25, -0.2) is 0 Å². The number of rotatable bonds is 2. The van der Waals surface area contributed by atoms with E-state index in [1.165, 1.54) is 5.56 Å². The summed E-state index contributed by atoms with van der Waals surface area (Å²) in [5, 5.41) is 9.74. The molecule has 0 spiro atoms. The Morgan fingerprint density at radius 3 is 1.80 bits per heavy atom. The van der Waals surface area contributed by atoms with Crippen molar-refractivity contribution in [2.45, 2.75) is 47.0 Å². The summed E-state index contributed by atoms with van der Waals surface area (Å²) in [4.78, 5) is 0. The van der Waals surface area contributed by atoms with Crippen LogP contribution in [-0.4, -0.2) is 5.11 Å². The lowest BCUT2D eigenvalue weighted by Gasteiger charge is -2.30. The second-order valence-corrected chi connectivity index (χ2v) is 5.34. The monoisotopic (exact) mass is 206 g/mol. The first kappa shape index (κ1) is 12.1. The van der Waals surface area contributed by atoms with Crippen molar-refractivity contribution in [1.29, 1.82) is 0 Å². The predicted molar refractivity (Wildman–Crippen MR) is 65.4 cm³/mol. The summed E-state index contributed by atoms with van der Waals surface area (Å²) in [6.45, 7) is 12.9. The van der Waals surface area contributed by atoms with E-state index in [1.807, 2.05) is 13.8 Å². The summed E-state index contributed by atoms with van der Waals surface area (Å²) in [5.41, 5.74) is 3.41. The maximum Gasteiger partial charge on any atom is 0.121 e. The summed E-state index contributed by atoms with van der Waals surface area (Å²) < 4.78 is 0. The Morgan fingerprint density at radius 2 is 1.47 bits per heavy atom. The SMILES string of the molecule is Cc1cc(C(C)(C)C(C)C)cc(C)c1O. The molecule has 1 rings (SSSR count). The molecular formula is C14H22O. The first-order valence-electron chi connectivity index (χ1n) is 5.57. The molecule has 1 nitrogen and oxygen atoms in total. The molecule has 1 aromatic rings. The highest BCUT2D eigenvalue weighted by atomic mass is 16.3. The van der Waals surface area contributed by atoms with Crippen LogP contribution in [0, 0.1) is 19.8 Å². The molecule has 0 aliphatic heterocycles. The predicted octanol–water partition coefficient (Wildman–Crippen LogP) is 3.94. The zero-order chi connectivity index (χ0) is 11.8. The summed E-state index contributed by atoms with van der Waals surface area (Å²) in [6.07, 6.45) is 0. The largest absolute Gasteiger partial charge is 0.507 e. The Balaban J connectivity index is 3.28. The van der Waals surface area contributed by atoms with Gasteiger partial charge in [-0.05, 0) is 41.9 Å². The maximum absolute atomic E-state index is 9.74. The number of aryl methyl sites for hydroxylation is 2. The van der Waals surface area contributed by atoms with Gasteiger partial charge < -0.3 is 5.11 Å². The van der Waals surface area contributed by atoms with Crippen molar-refractivity contribution in [3.05, 3.63) is 28.8 Å². The first-order chi connectivity index (χ1) is 6.76. The molecule has 0 amide bonds. The molecule has 0 saturated carbocycles. The van der Waals surface area contributed by atoms with Crippen LogP contribution in [0.3, 0.4) is 0 Å². The van der Waals surface area contributed by atoms with Gasteiger partial charge in [-0.1, -0.05) is 39.8 Å². The third kappa shape index (κ3) is 2.17. The Bertz CT molecular complexity index is 339. The highest BCUT2D eigenvalue weighted by Gasteiger charge is 2.25. The number of aromatic hydroxyl groups is 1. The van der Waals surface area contributed by atoms with E-state index in [0.29, 0.717) is 11.7 Å². The lowest BCUT2D eigenvalue weighted by Crippen LogP contribution is -2.24. The quantitative estimate of drug-likeness (QED) is 0.777. The molecule has 84 valence electrons. The average molecular weight is 206 g/mol. The van der Waals surface area contributed by atoms with Gasteiger partial charge in [0.1, 0.15) is 5.75 Å². The normalized spacial score (nSPS) is 12.2. The van der Waals surface area contributed by atoms with Crippen molar-refractivity contribution in [1.82, 2.24) is 0 Å². The van der Waals surface area contributed by atoms with Crippen LogP contribution < -0.4 is 0 Å². The summed E-state index contributed by atoms with van der Waals surface area (Å²) in [5.74, 6) is 1.01. The van der Waals surface area contributed by atoms with Crippen LogP contribution >= 0.6 is 0 Å². The molecule has 0 aliphatic rings. The Labute approximate surface area is 93.1 Å². The van der Waals surface area contributed by atoms with E-state index in [9.17, 15) is 5.11 Å². The molecule has 1 heteroatoms. The molecule has 0 saturated heterocycles. The zero-order valence-electron chi connectivity index (χ0n) is 10.7. The lowest BCUT2D eigenvalue weighted by atomic mass is 9.74. The molecule has 0 heterocycles. The van der Waals surface area contributed by atoms with Crippen molar-refractivity contribution < 1.29 is 5.11 Å². The van der Waals surface area contributed by atoms with Gasteiger partial charge in [-0.2, -0.15) is 0 Å². The van der Waals surface area contributed by atoms with E-state index in [0.717, 1.165) is 11.1 Å². The molecular weight excluding hydrogens is 184 g/mol. The van der Waals surface area contributed by atoms with Crippen LogP contribution in [0.25, 0.3) is 0 Å². The van der Waals surface area contributed by atoms with E-state index in [4.69, 9.17) is 0 Å². The molecule has 0 unspecified atom stereocenters. The fraction of sp³-hybridized carbons (Fsp3) is 0.571. The van der Waals surface area contributed by atoms with Crippen molar-refractivity contribution >= 4 is 0 Å². The summed E-state index contributed by atoms with van der Waals surface area (Å²) >= 11 is 0. The molecule has 0 atom stereocenters. The number of phenols is 1. The average Bonchev–Trinajstić information content (AvgIpc) is 2.13. The van der Waals surface area contributed by atoms with E-state index in [2.05, 4.69) is 39.8 Å². The Kier molecular flexibility index (Phi) is 3.13. The van der Waals surface area contributed by atoms with E-state index >= 15 is 0 Å². The van der Waals surface area contributed by atoms with Gasteiger partial charge in [0.05, 0.1) is 0 Å². The third-order valence-corrected chi connectivity index (χ3v) is 3.68. The minimum Gasteiger partial charge on any atom is -0.507 e. The van der Waals surface area contributed by atoms with Crippen LogP contribution in [0.2, 0.25) is 0 Å². The van der Waals surface area contributed by atoms with Crippen LogP contribution in [0.5, 0.6) is 5.75 Å². The van der Waals surface area contributed by atoms with Gasteiger partial charge >= 0.3 is 0 Å². The highest BCUT2D eigenvalue weighted by Crippen LogP contribution is 2.35. The van der Waals surface area contributed by atoms with Crippen LogP contribution in [0.1, 0.15) is 44.4 Å². The molecule has 15 heavy (non-hydrogen) atoms. The van der Waals surface area contributed by atoms with Gasteiger partial charge in [0.15, 0.2) is 0 Å². The van der Waals surface area contributed by atoms with Gasteiger partial charge in [0.25, 0.3) is 0 Å². The standard InChI is InChI=1S/C14H22O/c1-9(2)14(5,6)12-7-10(3)13(15)11(4)8-12/h7-9,15H,1-6H3. The van der Waals surface area contributed by atoms with Crippen molar-refractivity contribution in [2.24, 2.45) is 5.92 Å². The van der Waals surface area contributed by atoms with Crippen LogP contribution in [0.15, 0.2) is 12.1 Å². The minimum atomic E-state index is 0.156. The number of benzene rings is 1. The van der Waals surface area contributed by atoms with Crippen molar-refractivity contribution in [2.75, 3.05) is 0 Å². The number of hydrogen-bond acceptors (Lipinski definition) is 1. The lowest BCUT2D eigenvalue weighted by molar-refractivity contribution is 0.371. The fourth-order valence-electron chi connectivity index (χ4n) is 1.66. The van der Waals surface area contributed by atoms with E-state index < -0.39 is 0 Å². The Morgan fingerprint density at radius 1 is 1.07 bits per heavy atom. The Hall–Kier alpha value is -0.980. The third-order valence-electron chi connectivity index (χ3n) is 3.68. The first-order valence-corrected chi connectivity index (χ1v) is 5.57. The number of phenolic OH excluding ortho intramolecular Hbond substituents is 1. The van der Waals surface area contributed by atoms with Gasteiger partial charge in [0.2, 0.25) is 0 Å². The molecule has 1 N–H and O–H groups in total. The molecule has 0 fully saturated rings. The molecule has 0 radical (unpaired) electrons. The smallest absolute Gasteiger partial charge is 0.121 e. The highest BCUT2D eigenvalue weighted by molar-refractivity contribution is 5.44. The number of hydrogen-bond donors (Lipinski definition) is 1. The topological polar surface area (TPSA) is 20.2 Å². The maximum atomic E-state index is 9.74. The van der Waals surface area contributed by atoms with E-state index in [1.54, 1.807) is 0 Å². The minimum absolute atomic E-state index is 0.156. The second kappa shape index (κ2) is 3.88. The van der Waals surface area contributed by atoms with Gasteiger partial charge in [-0.15, -0.1) is 0 Å². The van der Waals surface area contributed by atoms with Gasteiger partial charge in [0, 0.05) is 0 Å². The van der Waals surface area contributed by atoms with Crippen LogP contribution in [-0.2, 0) is 5.41 Å². The zero-order valence-corrected chi connectivity index (χ0v) is 10.7. The van der Waals surface area contributed by atoms with Crippen molar-refractivity contribution in [3.63, 3.8) is 0 Å². The van der Waals surface area contributed by atoms with Crippen LogP contribution in [0.4, 0.5) is 0 Å². The van der Waals surface area contributed by atoms with Crippen molar-refractivity contribution in [3.8, 4) is 5.75 Å². The van der Waals surface area contributed by atoms with Gasteiger partial charge in [-0.3, -0.25) is 0 Å². The molecule has 0 aliphatic carbocycles. The summed E-state index contributed by atoms with van der Waals surface area (Å²) in [7, 11) is 0. The molecule has 0 aromatic heterocycles. The molecule has 0 bridgehead atoms. The fourth-order valence-corrected chi connectivity index (χ4v) is 1.66. The van der Waals surface area contributed by atoms with E-state index in [-0.39, 0.29) is 5.41 Å². The molecule has 1 aromatic carbocycles. The second-order valence-electron chi connectivity index (χ2n) is 5.34.